The number of quaternary nitrogens is 1. The average Bonchev–Trinajstić information content (AvgIpc) is 3.15. The molecule has 0 heterocycles. The standard InChI is InChI=1S/C48H85NO7/c1-6-8-10-12-14-16-18-20-21-22-23-24-25-27-29-31-33-35-37-39-47(51)56-44(42-54-41-40-45(48(52)53)49(3,4)5)43-55-46(50)38-36-34-32-30-28-26-19-17-15-13-11-9-7-2/h8,10,14,16,20-21,26,28,44-45H,6-7,9,11-13,15,17-19,22-25,27,29-43H2,1-5H3/b10-8+,16-14+,21-20+,28-26+. The smallest absolute Gasteiger partial charge is 0.306 e. The number of allylic oxidation sites excluding steroid dienone is 8. The fraction of sp³-hybridized carbons (Fsp3) is 0.771. The summed E-state index contributed by atoms with van der Waals surface area (Å²) in [6.45, 7) is 4.52. The molecule has 0 aliphatic rings. The molecule has 8 heteroatoms. The van der Waals surface area contributed by atoms with Gasteiger partial charge in [-0.2, -0.15) is 0 Å². The molecule has 0 radical (unpaired) electrons. The van der Waals surface area contributed by atoms with E-state index in [0.29, 0.717) is 12.8 Å². The number of carboxylic acids is 1. The van der Waals surface area contributed by atoms with Gasteiger partial charge in [-0.3, -0.25) is 9.59 Å². The van der Waals surface area contributed by atoms with Crippen LogP contribution in [0, 0.1) is 0 Å². The molecule has 0 saturated carbocycles. The Morgan fingerprint density at radius 1 is 0.554 bits per heavy atom. The second-order valence-corrected chi connectivity index (χ2v) is 16.3. The van der Waals surface area contributed by atoms with Gasteiger partial charge in [0.15, 0.2) is 6.10 Å². The number of esters is 2. The van der Waals surface area contributed by atoms with E-state index < -0.39 is 18.1 Å². The normalized spacial score (nSPS) is 13.4. The van der Waals surface area contributed by atoms with Crippen LogP contribution in [0.2, 0.25) is 0 Å². The Morgan fingerprint density at radius 3 is 1.52 bits per heavy atom. The van der Waals surface area contributed by atoms with Crippen molar-refractivity contribution in [3.05, 3.63) is 48.6 Å². The monoisotopic (exact) mass is 788 g/mol. The Hall–Kier alpha value is -2.71. The second kappa shape index (κ2) is 39.1. The Bertz CT molecular complexity index is 1060. The van der Waals surface area contributed by atoms with Gasteiger partial charge in [-0.25, -0.2) is 0 Å². The Balaban J connectivity index is 4.33. The third-order valence-corrected chi connectivity index (χ3v) is 9.95. The van der Waals surface area contributed by atoms with E-state index in [-0.39, 0.29) is 42.7 Å². The van der Waals surface area contributed by atoms with Crippen LogP contribution in [0.15, 0.2) is 48.6 Å². The molecule has 0 aromatic carbocycles. The molecule has 0 aromatic rings. The van der Waals surface area contributed by atoms with Gasteiger partial charge in [-0.15, -0.1) is 0 Å². The first-order valence-corrected chi connectivity index (χ1v) is 22.7. The second-order valence-electron chi connectivity index (χ2n) is 16.3. The predicted molar refractivity (Wildman–Crippen MR) is 231 cm³/mol. The highest BCUT2D eigenvalue weighted by atomic mass is 16.6. The van der Waals surface area contributed by atoms with Crippen molar-refractivity contribution in [2.45, 2.75) is 199 Å². The number of hydrogen-bond acceptors (Lipinski definition) is 7. The molecular formula is C48H85NO7. The van der Waals surface area contributed by atoms with Crippen LogP contribution in [0.3, 0.4) is 0 Å². The summed E-state index contributed by atoms with van der Waals surface area (Å²) < 4.78 is 17.2. The number of carbonyl (C=O) groups is 3. The third-order valence-electron chi connectivity index (χ3n) is 9.95. The molecule has 0 N–H and O–H groups in total. The molecule has 2 atom stereocenters. The van der Waals surface area contributed by atoms with Crippen molar-refractivity contribution in [2.75, 3.05) is 41.0 Å². The number of carboxylic acid groups (broad SMARTS) is 1. The first kappa shape index (κ1) is 53.3. The highest BCUT2D eigenvalue weighted by Gasteiger charge is 2.25. The molecule has 8 nitrogen and oxygen atoms in total. The minimum Gasteiger partial charge on any atom is -0.544 e. The van der Waals surface area contributed by atoms with Crippen molar-refractivity contribution >= 4 is 17.9 Å². The number of rotatable bonds is 40. The third kappa shape index (κ3) is 36.9. The SMILES string of the molecule is CC/C=C/C/C=C/C/C=C/CCCCCCCCCCCC(=O)OC(COCCC(C(=O)[O-])[N+](C)(C)C)COC(=O)CCCCC/C=C/CCCCCCCC. The van der Waals surface area contributed by atoms with Crippen LogP contribution in [0.4, 0.5) is 0 Å². The van der Waals surface area contributed by atoms with Gasteiger partial charge in [0.25, 0.3) is 0 Å². The summed E-state index contributed by atoms with van der Waals surface area (Å²) in [5.74, 6) is -1.76. The zero-order valence-corrected chi connectivity index (χ0v) is 36.8. The van der Waals surface area contributed by atoms with Crippen molar-refractivity contribution in [1.82, 2.24) is 0 Å². The molecule has 0 amide bonds. The fourth-order valence-electron chi connectivity index (χ4n) is 6.43. The van der Waals surface area contributed by atoms with E-state index in [1.807, 2.05) is 0 Å². The average molecular weight is 788 g/mol. The Labute approximate surface area is 344 Å². The van der Waals surface area contributed by atoms with Crippen molar-refractivity contribution in [3.8, 4) is 0 Å². The molecule has 2 unspecified atom stereocenters. The molecule has 0 fully saturated rings. The summed E-state index contributed by atoms with van der Waals surface area (Å²) in [7, 11) is 5.40. The Morgan fingerprint density at radius 2 is 1.00 bits per heavy atom. The van der Waals surface area contributed by atoms with Gasteiger partial charge in [-0.05, 0) is 70.6 Å². The maximum atomic E-state index is 12.7. The molecule has 0 aliphatic heterocycles. The number of aliphatic carboxylic acids is 1. The van der Waals surface area contributed by atoms with E-state index in [1.54, 1.807) is 21.1 Å². The van der Waals surface area contributed by atoms with Crippen LogP contribution in [-0.4, -0.2) is 75.5 Å². The summed E-state index contributed by atoms with van der Waals surface area (Å²) in [5, 5.41) is 11.6. The van der Waals surface area contributed by atoms with Crippen LogP contribution in [0.1, 0.15) is 187 Å². The number of unbranched alkanes of at least 4 members (excludes halogenated alkanes) is 18. The highest BCUT2D eigenvalue weighted by Crippen LogP contribution is 2.14. The van der Waals surface area contributed by atoms with Gasteiger partial charge < -0.3 is 28.6 Å². The summed E-state index contributed by atoms with van der Waals surface area (Å²) >= 11 is 0. The number of hydrogen-bond donors (Lipinski definition) is 0. The van der Waals surface area contributed by atoms with E-state index >= 15 is 0 Å². The number of nitrogens with zero attached hydrogens (tertiary/aromatic N) is 1. The van der Waals surface area contributed by atoms with E-state index in [1.165, 1.54) is 77.0 Å². The van der Waals surface area contributed by atoms with Gasteiger partial charge in [0.2, 0.25) is 0 Å². The highest BCUT2D eigenvalue weighted by molar-refractivity contribution is 5.70. The van der Waals surface area contributed by atoms with Gasteiger partial charge in [-0.1, -0.05) is 146 Å². The molecule has 0 aromatic heterocycles. The van der Waals surface area contributed by atoms with Crippen LogP contribution in [0.5, 0.6) is 0 Å². The molecule has 0 spiro atoms. The van der Waals surface area contributed by atoms with E-state index in [9.17, 15) is 19.5 Å². The van der Waals surface area contributed by atoms with Gasteiger partial charge in [0, 0.05) is 19.3 Å². The van der Waals surface area contributed by atoms with Gasteiger partial charge in [0.1, 0.15) is 12.6 Å². The summed E-state index contributed by atoms with van der Waals surface area (Å²) in [6.07, 6.45) is 45.6. The molecule has 0 saturated heterocycles. The lowest BCUT2D eigenvalue weighted by atomic mass is 10.1. The molecule has 0 bridgehead atoms. The van der Waals surface area contributed by atoms with Gasteiger partial charge >= 0.3 is 11.9 Å². The van der Waals surface area contributed by atoms with E-state index in [4.69, 9.17) is 14.2 Å². The molecule has 56 heavy (non-hydrogen) atoms. The maximum Gasteiger partial charge on any atom is 0.306 e. The topological polar surface area (TPSA) is 102 Å². The summed E-state index contributed by atoms with van der Waals surface area (Å²) in [5.41, 5.74) is 0. The number of carbonyl (C=O) groups excluding carboxylic acids is 3. The lowest BCUT2D eigenvalue weighted by molar-refractivity contribution is -0.889. The Kier molecular flexibility index (Phi) is 37.2. The maximum absolute atomic E-state index is 12.7. The summed E-state index contributed by atoms with van der Waals surface area (Å²) in [6, 6.07) is -0.729. The largest absolute Gasteiger partial charge is 0.544 e. The van der Waals surface area contributed by atoms with Crippen LogP contribution >= 0.6 is 0 Å². The molecule has 0 aliphatic carbocycles. The zero-order chi connectivity index (χ0) is 41.4. The minimum atomic E-state index is -1.13. The first-order chi connectivity index (χ1) is 27.1. The lowest BCUT2D eigenvalue weighted by Crippen LogP contribution is -2.55. The summed E-state index contributed by atoms with van der Waals surface area (Å²) in [4.78, 5) is 36.9. The fourth-order valence-corrected chi connectivity index (χ4v) is 6.43. The zero-order valence-electron chi connectivity index (χ0n) is 36.8. The van der Waals surface area contributed by atoms with Crippen molar-refractivity contribution in [3.63, 3.8) is 0 Å². The number of ether oxygens (including phenoxy) is 3. The predicted octanol–water partition coefficient (Wildman–Crippen LogP) is 11.1. The number of likely N-dealkylation sites (N-methyl/N-ethyl adjacent to an activating group) is 1. The molecule has 0 rings (SSSR count). The molecular weight excluding hydrogens is 703 g/mol. The lowest BCUT2D eigenvalue weighted by Gasteiger charge is -2.34. The van der Waals surface area contributed by atoms with E-state index in [0.717, 1.165) is 77.0 Å². The van der Waals surface area contributed by atoms with Crippen molar-refractivity contribution in [1.29, 1.82) is 0 Å². The van der Waals surface area contributed by atoms with Crippen LogP contribution in [0.25, 0.3) is 0 Å². The van der Waals surface area contributed by atoms with Crippen LogP contribution in [-0.2, 0) is 28.6 Å². The quantitative estimate of drug-likeness (QED) is 0.0264. The van der Waals surface area contributed by atoms with Crippen molar-refractivity contribution < 1.29 is 38.2 Å². The van der Waals surface area contributed by atoms with Crippen molar-refractivity contribution in [2.24, 2.45) is 0 Å². The minimum absolute atomic E-state index is 0.0336. The van der Waals surface area contributed by atoms with Gasteiger partial charge in [0.05, 0.1) is 40.3 Å². The van der Waals surface area contributed by atoms with E-state index in [2.05, 4.69) is 62.5 Å². The molecule has 324 valence electrons. The van der Waals surface area contributed by atoms with Crippen LogP contribution < -0.4 is 5.11 Å². The first-order valence-electron chi connectivity index (χ1n) is 22.7.